The van der Waals surface area contributed by atoms with Crippen LogP contribution in [0.15, 0.2) is 83.8 Å². The SMILES string of the molecule is CCN(c1ccccc1)S(=O)(=O)c1ccc(OC(C)C(=O)NCc2ccc(OC)cc2)cc1. The fourth-order valence-electron chi connectivity index (χ4n) is 3.24. The molecular formula is C25H28N2O5S. The van der Waals surface area contributed by atoms with E-state index in [0.29, 0.717) is 24.5 Å². The van der Waals surface area contributed by atoms with E-state index in [-0.39, 0.29) is 10.8 Å². The molecule has 8 heteroatoms. The Balaban J connectivity index is 1.61. The van der Waals surface area contributed by atoms with Crippen LogP contribution in [0.5, 0.6) is 11.5 Å². The minimum Gasteiger partial charge on any atom is -0.497 e. The van der Waals surface area contributed by atoms with Gasteiger partial charge in [-0.1, -0.05) is 30.3 Å². The first kappa shape index (κ1) is 24.1. The second kappa shape index (κ2) is 10.9. The molecule has 0 aromatic heterocycles. The fraction of sp³-hybridized carbons (Fsp3) is 0.240. The standard InChI is InChI=1S/C25H28N2O5S/c1-4-27(21-8-6-5-7-9-21)33(29,30)24-16-14-23(15-17-24)32-19(2)25(28)26-18-20-10-12-22(31-3)13-11-20/h5-17,19H,4,18H2,1-3H3,(H,26,28). The number of para-hydroxylation sites is 1. The summed E-state index contributed by atoms with van der Waals surface area (Å²) in [5, 5.41) is 2.83. The second-order valence-corrected chi connectivity index (χ2v) is 9.17. The molecule has 0 radical (unpaired) electrons. The molecule has 0 saturated heterocycles. The van der Waals surface area contributed by atoms with Gasteiger partial charge in [-0.15, -0.1) is 0 Å². The van der Waals surface area contributed by atoms with Crippen LogP contribution >= 0.6 is 0 Å². The van der Waals surface area contributed by atoms with Crippen LogP contribution in [0.1, 0.15) is 19.4 Å². The van der Waals surface area contributed by atoms with Gasteiger partial charge in [-0.25, -0.2) is 8.42 Å². The quantitative estimate of drug-likeness (QED) is 0.486. The van der Waals surface area contributed by atoms with Gasteiger partial charge in [0.1, 0.15) is 11.5 Å². The van der Waals surface area contributed by atoms with E-state index >= 15 is 0 Å². The van der Waals surface area contributed by atoms with Gasteiger partial charge < -0.3 is 14.8 Å². The maximum Gasteiger partial charge on any atom is 0.264 e. The van der Waals surface area contributed by atoms with E-state index in [0.717, 1.165) is 11.3 Å². The Labute approximate surface area is 195 Å². The monoisotopic (exact) mass is 468 g/mol. The van der Waals surface area contributed by atoms with Crippen molar-refractivity contribution >= 4 is 21.6 Å². The van der Waals surface area contributed by atoms with Crippen molar-refractivity contribution in [1.82, 2.24) is 5.32 Å². The maximum absolute atomic E-state index is 13.1. The normalized spacial score (nSPS) is 12.0. The predicted octanol–water partition coefficient (Wildman–Crippen LogP) is 3.99. The first-order valence-electron chi connectivity index (χ1n) is 10.6. The zero-order valence-electron chi connectivity index (χ0n) is 18.9. The smallest absolute Gasteiger partial charge is 0.264 e. The molecule has 0 aliphatic carbocycles. The Morgan fingerprint density at radius 1 is 0.939 bits per heavy atom. The van der Waals surface area contributed by atoms with Crippen molar-refractivity contribution in [2.24, 2.45) is 0 Å². The van der Waals surface area contributed by atoms with E-state index in [2.05, 4.69) is 5.32 Å². The van der Waals surface area contributed by atoms with E-state index < -0.39 is 16.1 Å². The van der Waals surface area contributed by atoms with E-state index in [9.17, 15) is 13.2 Å². The number of methoxy groups -OCH3 is 1. The number of anilines is 1. The first-order chi connectivity index (χ1) is 15.8. The lowest BCUT2D eigenvalue weighted by molar-refractivity contribution is -0.127. The highest BCUT2D eigenvalue weighted by Crippen LogP contribution is 2.25. The maximum atomic E-state index is 13.1. The van der Waals surface area contributed by atoms with Crippen molar-refractivity contribution in [2.45, 2.75) is 31.4 Å². The number of carbonyl (C=O) groups excluding carboxylic acids is 1. The Hall–Kier alpha value is -3.52. The topological polar surface area (TPSA) is 84.9 Å². The number of benzene rings is 3. The van der Waals surface area contributed by atoms with Gasteiger partial charge in [0.2, 0.25) is 0 Å². The number of hydrogen-bond donors (Lipinski definition) is 1. The van der Waals surface area contributed by atoms with Gasteiger partial charge in [0, 0.05) is 13.1 Å². The molecule has 3 aromatic carbocycles. The Bertz CT molecular complexity index is 1150. The van der Waals surface area contributed by atoms with Crippen molar-refractivity contribution < 1.29 is 22.7 Å². The zero-order valence-corrected chi connectivity index (χ0v) is 19.7. The molecule has 0 fully saturated rings. The summed E-state index contributed by atoms with van der Waals surface area (Å²) in [5.41, 5.74) is 1.53. The van der Waals surface area contributed by atoms with Gasteiger partial charge in [0.15, 0.2) is 6.10 Å². The van der Waals surface area contributed by atoms with Gasteiger partial charge in [0.05, 0.1) is 17.7 Å². The van der Waals surface area contributed by atoms with Crippen LogP contribution in [0, 0.1) is 0 Å². The van der Waals surface area contributed by atoms with Crippen molar-refractivity contribution in [3.63, 3.8) is 0 Å². The molecule has 1 atom stereocenters. The summed E-state index contributed by atoms with van der Waals surface area (Å²) in [4.78, 5) is 12.5. The number of ether oxygens (including phenoxy) is 2. The molecule has 3 rings (SSSR count). The molecule has 0 bridgehead atoms. The second-order valence-electron chi connectivity index (χ2n) is 7.30. The van der Waals surface area contributed by atoms with Crippen molar-refractivity contribution in [3.05, 3.63) is 84.4 Å². The van der Waals surface area contributed by atoms with Crippen LogP contribution in [0.25, 0.3) is 0 Å². The average Bonchev–Trinajstić information content (AvgIpc) is 2.84. The van der Waals surface area contributed by atoms with Gasteiger partial charge in [-0.2, -0.15) is 0 Å². The van der Waals surface area contributed by atoms with Gasteiger partial charge in [0.25, 0.3) is 15.9 Å². The third-order valence-electron chi connectivity index (χ3n) is 5.05. The van der Waals surface area contributed by atoms with E-state index in [1.807, 2.05) is 30.3 Å². The molecule has 0 heterocycles. The Morgan fingerprint density at radius 3 is 2.12 bits per heavy atom. The van der Waals surface area contributed by atoms with Crippen molar-refractivity contribution in [3.8, 4) is 11.5 Å². The van der Waals surface area contributed by atoms with Gasteiger partial charge >= 0.3 is 0 Å². The molecule has 0 aliphatic rings. The van der Waals surface area contributed by atoms with Gasteiger partial charge in [-0.05, 0) is 67.9 Å². The minimum atomic E-state index is -3.72. The summed E-state index contributed by atoms with van der Waals surface area (Å²) in [7, 11) is -2.12. The van der Waals surface area contributed by atoms with Crippen LogP contribution in [-0.2, 0) is 21.4 Å². The molecule has 174 valence electrons. The van der Waals surface area contributed by atoms with Crippen LogP contribution in [-0.4, -0.2) is 34.1 Å². The fourth-order valence-corrected chi connectivity index (χ4v) is 4.71. The van der Waals surface area contributed by atoms with Crippen molar-refractivity contribution in [1.29, 1.82) is 0 Å². The average molecular weight is 469 g/mol. The zero-order chi connectivity index (χ0) is 23.8. The molecular weight excluding hydrogens is 440 g/mol. The molecule has 3 aromatic rings. The molecule has 7 nitrogen and oxygen atoms in total. The van der Waals surface area contributed by atoms with E-state index in [1.165, 1.54) is 16.4 Å². The minimum absolute atomic E-state index is 0.150. The molecule has 0 aliphatic heterocycles. The lowest BCUT2D eigenvalue weighted by Gasteiger charge is -2.23. The molecule has 0 saturated carbocycles. The van der Waals surface area contributed by atoms with Crippen LogP contribution < -0.4 is 19.1 Å². The number of carbonyl (C=O) groups is 1. The third kappa shape index (κ3) is 6.04. The van der Waals surface area contributed by atoms with Crippen LogP contribution in [0.3, 0.4) is 0 Å². The molecule has 33 heavy (non-hydrogen) atoms. The van der Waals surface area contributed by atoms with E-state index in [4.69, 9.17) is 9.47 Å². The largest absolute Gasteiger partial charge is 0.497 e. The number of nitrogens with one attached hydrogen (secondary N) is 1. The summed E-state index contributed by atoms with van der Waals surface area (Å²) in [6, 6.07) is 22.4. The summed E-state index contributed by atoms with van der Waals surface area (Å²) in [6.45, 7) is 4.09. The van der Waals surface area contributed by atoms with Crippen LogP contribution in [0.4, 0.5) is 5.69 Å². The summed E-state index contributed by atoms with van der Waals surface area (Å²) in [5.74, 6) is 0.880. The number of amides is 1. The predicted molar refractivity (Wildman–Crippen MR) is 128 cm³/mol. The summed E-state index contributed by atoms with van der Waals surface area (Å²) >= 11 is 0. The lowest BCUT2D eigenvalue weighted by Crippen LogP contribution is -2.35. The summed E-state index contributed by atoms with van der Waals surface area (Å²) < 4.78 is 38.3. The third-order valence-corrected chi connectivity index (χ3v) is 6.97. The van der Waals surface area contributed by atoms with Gasteiger partial charge in [-0.3, -0.25) is 9.10 Å². The lowest BCUT2D eigenvalue weighted by atomic mass is 10.2. The number of nitrogens with zero attached hydrogens (tertiary/aromatic N) is 1. The highest BCUT2D eigenvalue weighted by Gasteiger charge is 2.23. The molecule has 0 spiro atoms. The Morgan fingerprint density at radius 2 is 1.55 bits per heavy atom. The van der Waals surface area contributed by atoms with Crippen molar-refractivity contribution in [2.75, 3.05) is 18.0 Å². The Kier molecular flexibility index (Phi) is 7.95. The highest BCUT2D eigenvalue weighted by molar-refractivity contribution is 7.92. The number of hydrogen-bond acceptors (Lipinski definition) is 5. The highest BCUT2D eigenvalue weighted by atomic mass is 32.2. The summed E-state index contributed by atoms with van der Waals surface area (Å²) in [6.07, 6.45) is -0.748. The van der Waals surface area contributed by atoms with Crippen LogP contribution in [0.2, 0.25) is 0 Å². The molecule has 1 N–H and O–H groups in total. The molecule has 1 amide bonds. The molecule has 1 unspecified atom stereocenters. The number of rotatable bonds is 10. The number of sulfonamides is 1. The first-order valence-corrected chi connectivity index (χ1v) is 12.0. The van der Waals surface area contributed by atoms with E-state index in [1.54, 1.807) is 57.4 Å².